The van der Waals surface area contributed by atoms with Gasteiger partial charge in [0.05, 0.1) is 0 Å². The minimum atomic E-state index is 0.376. The van der Waals surface area contributed by atoms with E-state index in [-0.39, 0.29) is 0 Å². The van der Waals surface area contributed by atoms with Gasteiger partial charge in [-0.25, -0.2) is 0 Å². The van der Waals surface area contributed by atoms with Crippen LogP contribution < -0.4 is 0 Å². The van der Waals surface area contributed by atoms with Gasteiger partial charge in [-0.1, -0.05) is 6.92 Å². The molecule has 0 unspecified atom stereocenters. The van der Waals surface area contributed by atoms with E-state index in [9.17, 15) is 4.79 Å². The zero-order valence-electron chi connectivity index (χ0n) is 8.33. The molecule has 3 saturated carbocycles. The van der Waals surface area contributed by atoms with Gasteiger partial charge in [-0.2, -0.15) is 0 Å². The predicted octanol–water partition coefficient (Wildman–Crippen LogP) is 2.65. The Balaban J connectivity index is 1.84. The lowest BCUT2D eigenvalue weighted by atomic mass is 9.67. The van der Waals surface area contributed by atoms with E-state index < -0.39 is 0 Å². The molecule has 0 radical (unpaired) electrons. The van der Waals surface area contributed by atoms with Crippen LogP contribution in [0.15, 0.2) is 0 Å². The van der Waals surface area contributed by atoms with Crippen LogP contribution in [0.2, 0.25) is 0 Å². The second-order valence-electron chi connectivity index (χ2n) is 5.47. The fraction of sp³-hybridized carbons (Fsp3) is 0.917. The second-order valence-corrected chi connectivity index (χ2v) is 5.47. The van der Waals surface area contributed by atoms with Crippen LogP contribution in [0.25, 0.3) is 0 Å². The molecular formula is C12H18O. The smallest absolute Gasteiger partial charge is 0.136 e. The Bertz CT molecular complexity index is 246. The molecule has 3 rings (SSSR count). The maximum Gasteiger partial charge on any atom is 0.136 e. The highest BCUT2D eigenvalue weighted by molar-refractivity contribution is 5.81. The van der Waals surface area contributed by atoms with Crippen molar-refractivity contribution in [1.82, 2.24) is 0 Å². The Morgan fingerprint density at radius 1 is 1.08 bits per heavy atom. The number of ketones is 1. The van der Waals surface area contributed by atoms with Crippen LogP contribution in [0, 0.1) is 29.6 Å². The maximum absolute atomic E-state index is 11.6. The molecule has 3 fully saturated rings. The van der Waals surface area contributed by atoms with Crippen LogP contribution in [-0.4, -0.2) is 5.78 Å². The molecule has 0 spiro atoms. The summed E-state index contributed by atoms with van der Waals surface area (Å²) in [6.07, 6.45) is 6.48. The molecule has 72 valence electrons. The highest BCUT2D eigenvalue weighted by atomic mass is 16.1. The highest BCUT2D eigenvalue weighted by Gasteiger charge is 2.50. The van der Waals surface area contributed by atoms with Crippen molar-refractivity contribution >= 4 is 5.78 Å². The first-order valence-corrected chi connectivity index (χ1v) is 5.78. The van der Waals surface area contributed by atoms with Gasteiger partial charge in [-0.3, -0.25) is 4.79 Å². The first-order valence-electron chi connectivity index (χ1n) is 5.78. The van der Waals surface area contributed by atoms with E-state index >= 15 is 0 Å². The lowest BCUT2D eigenvalue weighted by Gasteiger charge is -2.36. The average Bonchev–Trinajstić information content (AvgIpc) is 2.67. The summed E-state index contributed by atoms with van der Waals surface area (Å²) in [4.78, 5) is 11.6. The van der Waals surface area contributed by atoms with Gasteiger partial charge in [0.15, 0.2) is 0 Å². The summed E-state index contributed by atoms with van der Waals surface area (Å²) >= 11 is 0. The van der Waals surface area contributed by atoms with Crippen molar-refractivity contribution in [2.75, 3.05) is 0 Å². The topological polar surface area (TPSA) is 17.1 Å². The molecule has 1 heteroatoms. The van der Waals surface area contributed by atoms with E-state index in [1.165, 1.54) is 25.7 Å². The monoisotopic (exact) mass is 178 g/mol. The number of carbonyl (C=O) groups excluding carboxylic acids is 1. The third-order valence-electron chi connectivity index (χ3n) is 4.89. The molecule has 3 aliphatic rings. The number of rotatable bonds is 0. The fourth-order valence-corrected chi connectivity index (χ4v) is 4.19. The third-order valence-corrected chi connectivity index (χ3v) is 4.89. The van der Waals surface area contributed by atoms with Crippen LogP contribution in [0.3, 0.4) is 0 Å². The quantitative estimate of drug-likeness (QED) is 0.557. The first kappa shape index (κ1) is 8.02. The molecule has 3 aliphatic carbocycles. The minimum Gasteiger partial charge on any atom is -0.299 e. The summed E-state index contributed by atoms with van der Waals surface area (Å²) in [6.45, 7) is 2.13. The van der Waals surface area contributed by atoms with Crippen LogP contribution in [0.5, 0.6) is 0 Å². The van der Waals surface area contributed by atoms with Crippen molar-refractivity contribution in [3.8, 4) is 0 Å². The summed E-state index contributed by atoms with van der Waals surface area (Å²) in [5.74, 6) is 4.61. The lowest BCUT2D eigenvalue weighted by molar-refractivity contribution is -0.127. The SMILES string of the molecule is C[C@@H]1C[C@@H]2[C@H]3CC[C@@H](C3)[C@@H]2CC1=O. The molecule has 2 bridgehead atoms. The summed E-state index contributed by atoms with van der Waals surface area (Å²) in [5, 5.41) is 0. The summed E-state index contributed by atoms with van der Waals surface area (Å²) < 4.78 is 0. The molecule has 5 atom stereocenters. The molecule has 1 nitrogen and oxygen atoms in total. The first-order chi connectivity index (χ1) is 6.25. The zero-order valence-corrected chi connectivity index (χ0v) is 8.33. The molecule has 13 heavy (non-hydrogen) atoms. The number of hydrogen-bond donors (Lipinski definition) is 0. The van der Waals surface area contributed by atoms with Crippen molar-refractivity contribution in [2.24, 2.45) is 29.6 Å². The van der Waals surface area contributed by atoms with Crippen molar-refractivity contribution in [3.63, 3.8) is 0 Å². The average molecular weight is 178 g/mol. The van der Waals surface area contributed by atoms with Gasteiger partial charge in [0.1, 0.15) is 5.78 Å². The number of carbonyl (C=O) groups is 1. The molecular weight excluding hydrogens is 160 g/mol. The van der Waals surface area contributed by atoms with Crippen molar-refractivity contribution in [3.05, 3.63) is 0 Å². The Kier molecular flexibility index (Phi) is 1.59. The molecule has 0 aromatic heterocycles. The fourth-order valence-electron chi connectivity index (χ4n) is 4.19. The van der Waals surface area contributed by atoms with Crippen molar-refractivity contribution < 1.29 is 4.79 Å². The van der Waals surface area contributed by atoms with E-state index in [0.29, 0.717) is 11.7 Å². The molecule has 0 saturated heterocycles. The molecule has 0 aromatic carbocycles. The Hall–Kier alpha value is -0.330. The number of fused-ring (bicyclic) bond motifs is 5. The zero-order chi connectivity index (χ0) is 9.00. The van der Waals surface area contributed by atoms with E-state index in [1.807, 2.05) is 0 Å². The van der Waals surface area contributed by atoms with Gasteiger partial charge < -0.3 is 0 Å². The van der Waals surface area contributed by atoms with E-state index in [0.717, 1.165) is 30.1 Å². The second kappa shape index (κ2) is 2.59. The van der Waals surface area contributed by atoms with Crippen molar-refractivity contribution in [2.45, 2.75) is 39.0 Å². The minimum absolute atomic E-state index is 0.376. The molecule has 0 amide bonds. The molecule has 0 heterocycles. The Labute approximate surface area is 79.9 Å². The largest absolute Gasteiger partial charge is 0.299 e. The predicted molar refractivity (Wildman–Crippen MR) is 51.2 cm³/mol. The lowest BCUT2D eigenvalue weighted by Crippen LogP contribution is -2.34. The number of hydrogen-bond acceptors (Lipinski definition) is 1. The Morgan fingerprint density at radius 2 is 1.77 bits per heavy atom. The third kappa shape index (κ3) is 1.02. The van der Waals surface area contributed by atoms with E-state index in [4.69, 9.17) is 0 Å². The standard InChI is InChI=1S/C12H18O/c1-7-4-10-8-2-3-9(5-8)11(10)6-12(7)13/h7-11H,2-6H2,1H3/t7-,8+,9+,10-,11+/m1/s1. The molecule has 0 N–H and O–H groups in total. The van der Waals surface area contributed by atoms with Crippen LogP contribution >= 0.6 is 0 Å². The van der Waals surface area contributed by atoms with Crippen molar-refractivity contribution in [1.29, 1.82) is 0 Å². The molecule has 0 aliphatic heterocycles. The summed E-state index contributed by atoms with van der Waals surface area (Å²) in [5.41, 5.74) is 0. The van der Waals surface area contributed by atoms with E-state index in [1.54, 1.807) is 0 Å². The van der Waals surface area contributed by atoms with Gasteiger partial charge in [-0.05, 0) is 49.4 Å². The number of Topliss-reactive ketones (excluding diaryl/α,β-unsaturated/α-hetero) is 1. The maximum atomic E-state index is 11.6. The van der Waals surface area contributed by atoms with Gasteiger partial charge in [0.2, 0.25) is 0 Å². The van der Waals surface area contributed by atoms with Gasteiger partial charge in [-0.15, -0.1) is 0 Å². The summed E-state index contributed by atoms with van der Waals surface area (Å²) in [6, 6.07) is 0. The summed E-state index contributed by atoms with van der Waals surface area (Å²) in [7, 11) is 0. The van der Waals surface area contributed by atoms with Crippen LogP contribution in [-0.2, 0) is 4.79 Å². The van der Waals surface area contributed by atoms with Crippen LogP contribution in [0.1, 0.15) is 39.0 Å². The van der Waals surface area contributed by atoms with Crippen LogP contribution in [0.4, 0.5) is 0 Å². The molecule has 0 aromatic rings. The van der Waals surface area contributed by atoms with Gasteiger partial charge in [0.25, 0.3) is 0 Å². The highest BCUT2D eigenvalue weighted by Crippen LogP contribution is 2.57. The normalized spacial score (nSPS) is 53.9. The Morgan fingerprint density at radius 3 is 2.54 bits per heavy atom. The van der Waals surface area contributed by atoms with E-state index in [2.05, 4.69) is 6.92 Å². The van der Waals surface area contributed by atoms with Gasteiger partial charge >= 0.3 is 0 Å². The van der Waals surface area contributed by atoms with Gasteiger partial charge in [0, 0.05) is 12.3 Å².